The molecule has 3 aliphatic heterocycles. The molecule has 0 bridgehead atoms. The second-order valence-corrected chi connectivity index (χ2v) is 25.5. The Morgan fingerprint density at radius 1 is 0.400 bits per heavy atom. The van der Waals surface area contributed by atoms with E-state index in [-0.39, 0.29) is 32.8 Å². The molecule has 0 saturated carbocycles. The van der Waals surface area contributed by atoms with Gasteiger partial charge in [-0.1, -0.05) is 126 Å². The molecular formula is C91H101N20O4-. The van der Waals surface area contributed by atoms with Crippen LogP contribution in [0, 0.1) is 6.92 Å². The number of hydrogen-bond donors (Lipinski definition) is 2. The molecule has 115 heavy (non-hydrogen) atoms. The molecule has 0 radical (unpaired) electrons. The molecule has 2 unspecified atom stereocenters. The first kappa shape index (κ1) is 88.2. The predicted molar refractivity (Wildman–Crippen MR) is 460 cm³/mol. The number of rotatable bonds is 12. The lowest BCUT2D eigenvalue weighted by Gasteiger charge is -2.17. The van der Waals surface area contributed by atoms with Gasteiger partial charge in [0.2, 0.25) is 0 Å². The minimum atomic E-state index is -1.23. The maximum atomic E-state index is 10.2. The van der Waals surface area contributed by atoms with Crippen molar-refractivity contribution in [3.05, 3.63) is 347 Å². The van der Waals surface area contributed by atoms with Gasteiger partial charge in [0.05, 0.1) is 102 Å². The zero-order chi connectivity index (χ0) is 79.8. The van der Waals surface area contributed by atoms with E-state index in [1.54, 1.807) is 126 Å². The predicted octanol–water partition coefficient (Wildman–Crippen LogP) is 16.2. The SMILES string of the molecule is C.C.CC(O)CC(C)O.CCc1cccc(-c2cc(CC)ccn2)c1.CN1C=CN(c2cnccn2)C1.CN1CN(c2ccccn2)c2ccccc21.CN1CN(c2cnccn2)c2ccccc21.Cc1cccc(C(=O)[O-])n1.c1ccc(-c2ccccn2)cc1.c1ccc(-c2ncccn2)nc1.c1cncc(-c2cnccn2)c1. The third-order valence-electron chi connectivity index (χ3n) is 16.7. The Labute approximate surface area is 675 Å². The molecule has 0 saturated heterocycles. The number of aromatic nitrogens is 14. The minimum absolute atomic E-state index is 0. The van der Waals surface area contributed by atoms with Gasteiger partial charge in [-0.15, -0.1) is 0 Å². The van der Waals surface area contributed by atoms with E-state index in [2.05, 4.69) is 213 Å². The van der Waals surface area contributed by atoms with Crippen LogP contribution in [-0.4, -0.2) is 144 Å². The Morgan fingerprint density at radius 2 is 0.896 bits per heavy atom. The summed E-state index contributed by atoms with van der Waals surface area (Å²) in [4.78, 5) is 80.9. The summed E-state index contributed by atoms with van der Waals surface area (Å²) in [6, 6.07) is 67.7. The van der Waals surface area contributed by atoms with Gasteiger partial charge < -0.3 is 49.5 Å². The van der Waals surface area contributed by atoms with E-state index < -0.39 is 5.97 Å². The molecule has 4 aromatic carbocycles. The molecule has 2 N–H and O–H groups in total. The first-order valence-electron chi connectivity index (χ1n) is 36.7. The van der Waals surface area contributed by atoms with E-state index in [1.165, 1.54) is 45.5 Å². The molecule has 590 valence electrons. The van der Waals surface area contributed by atoms with Crippen molar-refractivity contribution in [3.63, 3.8) is 0 Å². The van der Waals surface area contributed by atoms with Crippen LogP contribution in [0.5, 0.6) is 0 Å². The highest BCUT2D eigenvalue weighted by molar-refractivity contribution is 5.83. The quantitative estimate of drug-likeness (QED) is 0.115. The molecule has 10 aromatic heterocycles. The monoisotopic (exact) mass is 1540 g/mol. The van der Waals surface area contributed by atoms with Crippen LogP contribution in [0.25, 0.3) is 45.3 Å². The molecule has 14 aromatic rings. The fourth-order valence-electron chi connectivity index (χ4n) is 11.2. The number of benzene rings is 4. The number of hydrogen-bond acceptors (Lipinski definition) is 24. The third kappa shape index (κ3) is 28.7. The van der Waals surface area contributed by atoms with E-state index in [4.69, 9.17) is 10.2 Å². The van der Waals surface area contributed by atoms with Crippen LogP contribution in [0.3, 0.4) is 0 Å². The average Bonchev–Trinajstić information content (AvgIpc) is 1.65. The number of para-hydroxylation sites is 4. The number of anilines is 7. The van der Waals surface area contributed by atoms with E-state index >= 15 is 0 Å². The Morgan fingerprint density at radius 3 is 1.40 bits per heavy atom. The van der Waals surface area contributed by atoms with Gasteiger partial charge in [0.15, 0.2) is 17.5 Å². The summed E-state index contributed by atoms with van der Waals surface area (Å²) < 4.78 is 0. The number of fused-ring (bicyclic) bond motifs is 2. The normalized spacial score (nSPS) is 12.0. The standard InChI is InChI=1S/C15H17N.C13H13N3.C12H12N4.C11H9N.2C9H7N3.C8H10N4.C7H7NO2.C5H12O2.2CH4/c1-3-12-6-5-7-14(10-12)15-11-13(4-2)8-9-16-15;1-15-10-16(13-8-4-5-9-14-13)12-7-3-2-6-11(12)15;1-15-9-16(12-8-13-6-7-14-12)11-5-3-2-4-10(11)15;1-2-6-10(7-3-1)11-8-4-5-9-12-11;1-2-5-10-8(4-1)9-11-6-3-7-12-9;1-2-8(6-10-3-1)9-7-11-4-5-12-9;1-11-4-5-12(7-11)8-6-9-2-3-10-8;1-5-3-2-4-6(8-5)7(9)10;1-4(6)3-5(2)7;;/h5-11H,3-4H2,1-2H3;2-9H,10H2,1H3;2-8H,9H2,1H3;1-9H;2*1-7H;2-6H,7H2,1H3;2-4H,1H3,(H,9,10);4-7H,3H2,1-2H3;2*1H4/p-1. The summed E-state index contributed by atoms with van der Waals surface area (Å²) in [5.74, 6) is 2.21. The molecule has 0 fully saturated rings. The number of aliphatic hydroxyl groups excluding tert-OH is 2. The molecule has 0 amide bonds. The summed E-state index contributed by atoms with van der Waals surface area (Å²) >= 11 is 0. The van der Waals surface area contributed by atoms with Crippen LogP contribution >= 0.6 is 0 Å². The largest absolute Gasteiger partial charge is 0.543 e. The second-order valence-electron chi connectivity index (χ2n) is 25.5. The molecule has 2 atom stereocenters. The molecule has 24 nitrogen and oxygen atoms in total. The van der Waals surface area contributed by atoms with E-state index in [0.717, 1.165) is 84.2 Å². The molecule has 13 heterocycles. The highest BCUT2D eigenvalue weighted by atomic mass is 16.4. The maximum absolute atomic E-state index is 10.2. The average molecular weight is 1540 g/mol. The molecule has 0 spiro atoms. The molecule has 24 heteroatoms. The van der Waals surface area contributed by atoms with Crippen molar-refractivity contribution < 1.29 is 20.1 Å². The lowest BCUT2D eigenvalue weighted by molar-refractivity contribution is -0.255. The number of pyridine rings is 6. The fraction of sp³-hybridized carbons (Fsp3) is 0.198. The summed E-state index contributed by atoms with van der Waals surface area (Å²) in [6.07, 6.45) is 35.4. The van der Waals surface area contributed by atoms with Gasteiger partial charge in [0, 0.05) is 143 Å². The first-order chi connectivity index (χ1) is 55.1. The van der Waals surface area contributed by atoms with Crippen LogP contribution in [0.15, 0.2) is 324 Å². The Balaban J connectivity index is 0.000000180. The number of carboxylic acids is 1. The summed E-state index contributed by atoms with van der Waals surface area (Å²) in [5, 5.41) is 27.3. The zero-order valence-electron chi connectivity index (χ0n) is 64.7. The van der Waals surface area contributed by atoms with Crippen LogP contribution in [-0.2, 0) is 12.8 Å². The summed E-state index contributed by atoms with van der Waals surface area (Å²) in [6.45, 7) is 11.9. The van der Waals surface area contributed by atoms with Crippen molar-refractivity contribution >= 4 is 46.2 Å². The van der Waals surface area contributed by atoms with Gasteiger partial charge >= 0.3 is 0 Å². The van der Waals surface area contributed by atoms with Gasteiger partial charge in [0.25, 0.3) is 0 Å². The van der Waals surface area contributed by atoms with Gasteiger partial charge in [-0.05, 0) is 160 Å². The van der Waals surface area contributed by atoms with Crippen LogP contribution in [0.2, 0.25) is 0 Å². The highest BCUT2D eigenvalue weighted by Crippen LogP contribution is 2.39. The van der Waals surface area contributed by atoms with Crippen molar-refractivity contribution in [2.24, 2.45) is 0 Å². The van der Waals surface area contributed by atoms with Crippen LogP contribution in [0.1, 0.15) is 76.3 Å². The minimum Gasteiger partial charge on any atom is -0.543 e. The second kappa shape index (κ2) is 48.0. The van der Waals surface area contributed by atoms with Gasteiger partial charge in [0.1, 0.15) is 11.5 Å². The van der Waals surface area contributed by atoms with Crippen LogP contribution < -0.4 is 29.6 Å². The zero-order valence-corrected chi connectivity index (χ0v) is 64.7. The number of carbonyl (C=O) groups excluding carboxylic acids is 1. The lowest BCUT2D eigenvalue weighted by atomic mass is 10.0. The van der Waals surface area contributed by atoms with Crippen molar-refractivity contribution in [2.45, 2.75) is 80.9 Å². The molecular weight excluding hydrogens is 1440 g/mol. The van der Waals surface area contributed by atoms with Crippen LogP contribution in [0.4, 0.5) is 40.2 Å². The Hall–Kier alpha value is -14.0. The number of carboxylic acid groups (broad SMARTS) is 1. The van der Waals surface area contributed by atoms with E-state index in [1.807, 2.05) is 134 Å². The Bertz CT molecular complexity index is 4610. The topological polar surface area (TPSA) is 280 Å². The number of nitrogens with zero attached hydrogens (tertiary/aromatic N) is 20. The molecule has 3 aliphatic rings. The van der Waals surface area contributed by atoms with Crippen molar-refractivity contribution in [1.82, 2.24) is 74.7 Å². The van der Waals surface area contributed by atoms with E-state index in [0.29, 0.717) is 17.9 Å². The number of aromatic carboxylic acids is 1. The highest BCUT2D eigenvalue weighted by Gasteiger charge is 2.26. The smallest absolute Gasteiger partial charge is 0.178 e. The van der Waals surface area contributed by atoms with Crippen molar-refractivity contribution in [1.29, 1.82) is 0 Å². The fourth-order valence-corrected chi connectivity index (χ4v) is 11.2. The van der Waals surface area contributed by atoms with Gasteiger partial charge in [-0.2, -0.15) is 0 Å². The first-order valence-corrected chi connectivity index (χ1v) is 36.7. The molecule has 17 rings (SSSR count). The number of aliphatic hydroxyl groups is 2. The maximum Gasteiger partial charge on any atom is 0.178 e. The third-order valence-corrected chi connectivity index (χ3v) is 16.7. The van der Waals surface area contributed by atoms with E-state index in [9.17, 15) is 9.90 Å². The van der Waals surface area contributed by atoms with Crippen molar-refractivity contribution in [3.8, 4) is 45.3 Å². The van der Waals surface area contributed by atoms with Crippen molar-refractivity contribution in [2.75, 3.05) is 65.6 Å². The molecule has 0 aliphatic carbocycles. The van der Waals surface area contributed by atoms with Gasteiger partial charge in [-0.3, -0.25) is 44.9 Å². The summed E-state index contributed by atoms with van der Waals surface area (Å²) in [7, 11) is 6.20. The lowest BCUT2D eigenvalue weighted by Crippen LogP contribution is -2.24. The number of carbonyl (C=O) groups is 1. The summed E-state index contributed by atoms with van der Waals surface area (Å²) in [5.41, 5.74) is 15.4. The van der Waals surface area contributed by atoms with Gasteiger partial charge in [-0.25, -0.2) is 24.9 Å². The number of aryl methyl sites for hydroxylation is 3. The Kier molecular flexibility index (Phi) is 36.8.